The fourth-order valence-corrected chi connectivity index (χ4v) is 2.19. The first-order chi connectivity index (χ1) is 6.68. The molecule has 2 rings (SSSR count). The maximum absolute atomic E-state index is 5.41. The Hall–Kier alpha value is -0.890. The molecule has 0 radical (unpaired) electrons. The number of nitrogens with zero attached hydrogens (tertiary/aromatic N) is 1. The van der Waals surface area contributed by atoms with Crippen LogP contribution in [0, 0.1) is 5.92 Å². The molecule has 1 nitrogen and oxygen atoms in total. The monoisotopic (exact) mass is 205 g/mol. The Bertz CT molecular complexity index is 326. The zero-order valence-corrected chi connectivity index (χ0v) is 9.47. The van der Waals surface area contributed by atoms with Gasteiger partial charge in [-0.3, -0.25) is 0 Å². The highest BCUT2D eigenvalue weighted by atomic mass is 32.1. The molecule has 0 spiro atoms. The topological polar surface area (TPSA) is 3.24 Å². The molecule has 1 aliphatic rings. The number of fused-ring (bicyclic) bond motifs is 1. The average molecular weight is 205 g/mol. The van der Waals surface area contributed by atoms with Crippen molar-refractivity contribution in [3.63, 3.8) is 0 Å². The van der Waals surface area contributed by atoms with Crippen LogP contribution in [-0.2, 0) is 13.0 Å². The van der Waals surface area contributed by atoms with Gasteiger partial charge in [0.1, 0.15) is 0 Å². The average Bonchev–Trinajstić information content (AvgIpc) is 2.28. The van der Waals surface area contributed by atoms with Crippen LogP contribution in [0.2, 0.25) is 0 Å². The van der Waals surface area contributed by atoms with E-state index in [0.717, 1.165) is 18.0 Å². The highest BCUT2D eigenvalue weighted by Gasteiger charge is 2.20. The van der Waals surface area contributed by atoms with Crippen molar-refractivity contribution in [2.45, 2.75) is 19.9 Å². The summed E-state index contributed by atoms with van der Waals surface area (Å²) >= 11 is 5.41. The predicted octanol–water partition coefficient (Wildman–Crippen LogP) is 2.64. The number of hydrogen-bond acceptors (Lipinski definition) is 1. The van der Waals surface area contributed by atoms with Crippen molar-refractivity contribution in [2.24, 2.45) is 5.92 Å². The summed E-state index contributed by atoms with van der Waals surface area (Å²) in [5.41, 5.74) is 2.87. The SMILES string of the molecule is CC1Cc2ccccc2CN(C)C1=S. The lowest BCUT2D eigenvalue weighted by molar-refractivity contribution is 0.491. The van der Waals surface area contributed by atoms with E-state index < -0.39 is 0 Å². The first-order valence-corrected chi connectivity index (χ1v) is 5.41. The number of thiocarbonyl (C=S) groups is 1. The molecule has 1 aromatic rings. The Kier molecular flexibility index (Phi) is 2.55. The third-order valence-electron chi connectivity index (χ3n) is 2.85. The molecule has 0 fully saturated rings. The second-order valence-corrected chi connectivity index (χ2v) is 4.49. The van der Waals surface area contributed by atoms with Crippen LogP contribution < -0.4 is 0 Å². The summed E-state index contributed by atoms with van der Waals surface area (Å²) in [6.07, 6.45) is 1.08. The van der Waals surface area contributed by atoms with Gasteiger partial charge in [-0.1, -0.05) is 43.4 Å². The molecule has 2 heteroatoms. The van der Waals surface area contributed by atoms with Crippen LogP contribution in [-0.4, -0.2) is 16.9 Å². The molecule has 0 saturated heterocycles. The molecule has 0 bridgehead atoms. The fourth-order valence-electron chi connectivity index (χ4n) is 2.04. The maximum atomic E-state index is 5.41. The van der Waals surface area contributed by atoms with Crippen molar-refractivity contribution >= 4 is 17.2 Å². The molecule has 1 atom stereocenters. The van der Waals surface area contributed by atoms with Gasteiger partial charge in [-0.2, -0.15) is 0 Å². The molecular formula is C12H15NS. The van der Waals surface area contributed by atoms with Crippen LogP contribution in [0.5, 0.6) is 0 Å². The molecule has 1 aromatic carbocycles. The Morgan fingerprint density at radius 1 is 1.29 bits per heavy atom. The van der Waals surface area contributed by atoms with E-state index in [4.69, 9.17) is 12.2 Å². The van der Waals surface area contributed by atoms with Crippen LogP contribution >= 0.6 is 12.2 Å². The normalized spacial score (nSPS) is 21.7. The van der Waals surface area contributed by atoms with Crippen LogP contribution in [0.4, 0.5) is 0 Å². The van der Waals surface area contributed by atoms with Gasteiger partial charge in [0.2, 0.25) is 0 Å². The van der Waals surface area contributed by atoms with Crippen molar-refractivity contribution in [2.75, 3.05) is 7.05 Å². The lowest BCUT2D eigenvalue weighted by Gasteiger charge is -2.20. The van der Waals surface area contributed by atoms with Gasteiger partial charge >= 0.3 is 0 Å². The van der Waals surface area contributed by atoms with Crippen LogP contribution in [0.1, 0.15) is 18.1 Å². The summed E-state index contributed by atoms with van der Waals surface area (Å²) in [5, 5.41) is 0. The van der Waals surface area contributed by atoms with E-state index >= 15 is 0 Å². The van der Waals surface area contributed by atoms with Gasteiger partial charge in [-0.05, 0) is 17.5 Å². The van der Waals surface area contributed by atoms with E-state index in [2.05, 4.69) is 43.1 Å². The second-order valence-electron chi connectivity index (χ2n) is 4.07. The first kappa shape index (κ1) is 9.66. The minimum absolute atomic E-state index is 0.485. The van der Waals surface area contributed by atoms with Gasteiger partial charge in [-0.25, -0.2) is 0 Å². The quantitative estimate of drug-likeness (QED) is 0.599. The van der Waals surface area contributed by atoms with Crippen molar-refractivity contribution in [1.29, 1.82) is 0 Å². The van der Waals surface area contributed by atoms with Crippen molar-refractivity contribution < 1.29 is 0 Å². The standard InChI is InChI=1S/C12H15NS/c1-9-7-10-5-3-4-6-11(10)8-13(2)12(9)14/h3-6,9H,7-8H2,1-2H3. The van der Waals surface area contributed by atoms with Gasteiger partial charge < -0.3 is 4.90 Å². The summed E-state index contributed by atoms with van der Waals surface area (Å²) in [5.74, 6) is 0.485. The van der Waals surface area contributed by atoms with Gasteiger partial charge in [0.05, 0.1) is 4.99 Å². The molecule has 14 heavy (non-hydrogen) atoms. The zero-order valence-electron chi connectivity index (χ0n) is 8.66. The number of benzene rings is 1. The third-order valence-corrected chi connectivity index (χ3v) is 3.56. The van der Waals surface area contributed by atoms with E-state index in [1.807, 2.05) is 0 Å². The van der Waals surface area contributed by atoms with E-state index in [1.54, 1.807) is 0 Å². The summed E-state index contributed by atoms with van der Waals surface area (Å²) < 4.78 is 0. The molecule has 1 heterocycles. The molecule has 0 aromatic heterocycles. The van der Waals surface area contributed by atoms with Crippen molar-refractivity contribution in [3.05, 3.63) is 35.4 Å². The summed E-state index contributed by atoms with van der Waals surface area (Å²) in [6, 6.07) is 8.63. The van der Waals surface area contributed by atoms with Crippen LogP contribution in [0.25, 0.3) is 0 Å². The van der Waals surface area contributed by atoms with E-state index in [1.165, 1.54) is 11.1 Å². The fraction of sp³-hybridized carbons (Fsp3) is 0.417. The lowest BCUT2D eigenvalue weighted by Crippen LogP contribution is -2.27. The molecule has 0 aliphatic carbocycles. The van der Waals surface area contributed by atoms with Gasteiger partial charge in [0.25, 0.3) is 0 Å². The summed E-state index contributed by atoms with van der Waals surface area (Å²) in [4.78, 5) is 3.27. The van der Waals surface area contributed by atoms with Crippen molar-refractivity contribution in [3.8, 4) is 0 Å². The van der Waals surface area contributed by atoms with Gasteiger partial charge in [0, 0.05) is 19.5 Å². The predicted molar refractivity (Wildman–Crippen MR) is 63.4 cm³/mol. The first-order valence-electron chi connectivity index (χ1n) is 5.00. The summed E-state index contributed by atoms with van der Waals surface area (Å²) in [6.45, 7) is 3.17. The Morgan fingerprint density at radius 2 is 1.93 bits per heavy atom. The Balaban J connectivity index is 2.39. The minimum Gasteiger partial charge on any atom is -0.365 e. The summed E-state index contributed by atoms with van der Waals surface area (Å²) in [7, 11) is 2.08. The minimum atomic E-state index is 0.485. The van der Waals surface area contributed by atoms with Gasteiger partial charge in [-0.15, -0.1) is 0 Å². The smallest absolute Gasteiger partial charge is 0.0811 e. The lowest BCUT2D eigenvalue weighted by atomic mass is 9.99. The van der Waals surface area contributed by atoms with Crippen molar-refractivity contribution in [1.82, 2.24) is 4.90 Å². The van der Waals surface area contributed by atoms with E-state index in [-0.39, 0.29) is 0 Å². The number of hydrogen-bond donors (Lipinski definition) is 0. The molecule has 1 unspecified atom stereocenters. The second kappa shape index (κ2) is 3.70. The Labute approximate surface area is 90.7 Å². The molecule has 0 amide bonds. The molecule has 0 N–H and O–H groups in total. The van der Waals surface area contributed by atoms with Crippen LogP contribution in [0.15, 0.2) is 24.3 Å². The van der Waals surface area contributed by atoms with Crippen LogP contribution in [0.3, 0.4) is 0 Å². The Morgan fingerprint density at radius 3 is 2.64 bits per heavy atom. The third kappa shape index (κ3) is 1.67. The zero-order chi connectivity index (χ0) is 10.1. The molecular weight excluding hydrogens is 190 g/mol. The highest BCUT2D eigenvalue weighted by molar-refractivity contribution is 7.80. The van der Waals surface area contributed by atoms with E-state index in [0.29, 0.717) is 5.92 Å². The highest BCUT2D eigenvalue weighted by Crippen LogP contribution is 2.22. The van der Waals surface area contributed by atoms with E-state index in [9.17, 15) is 0 Å². The largest absolute Gasteiger partial charge is 0.365 e. The number of rotatable bonds is 0. The molecule has 1 aliphatic heterocycles. The maximum Gasteiger partial charge on any atom is 0.0811 e. The molecule has 0 saturated carbocycles. The molecule has 74 valence electrons. The van der Waals surface area contributed by atoms with Gasteiger partial charge in [0.15, 0.2) is 0 Å².